The van der Waals surface area contributed by atoms with E-state index in [9.17, 15) is 0 Å². The molecule has 2 rings (SSSR count). The molecule has 6 heteroatoms. The summed E-state index contributed by atoms with van der Waals surface area (Å²) >= 11 is 0. The molecule has 98 valence electrons. The van der Waals surface area contributed by atoms with E-state index in [0.717, 1.165) is 17.9 Å². The van der Waals surface area contributed by atoms with Crippen molar-refractivity contribution in [3.63, 3.8) is 0 Å². The van der Waals surface area contributed by atoms with Crippen molar-refractivity contribution in [3.05, 3.63) is 29.3 Å². The second-order valence-corrected chi connectivity index (χ2v) is 4.86. The summed E-state index contributed by atoms with van der Waals surface area (Å²) in [7, 11) is 1.86. The van der Waals surface area contributed by atoms with Crippen LogP contribution in [0.3, 0.4) is 0 Å². The van der Waals surface area contributed by atoms with Gasteiger partial charge in [-0.05, 0) is 6.92 Å². The first kappa shape index (κ1) is 12.8. The first-order valence-electron chi connectivity index (χ1n) is 6.16. The largest absolute Gasteiger partial charge is 0.310 e. The van der Waals surface area contributed by atoms with Gasteiger partial charge in [0.15, 0.2) is 0 Å². The van der Waals surface area contributed by atoms with Crippen molar-refractivity contribution in [2.45, 2.75) is 39.9 Å². The van der Waals surface area contributed by atoms with Crippen molar-refractivity contribution >= 4 is 0 Å². The summed E-state index contributed by atoms with van der Waals surface area (Å²) in [6.45, 7) is 7.82. The van der Waals surface area contributed by atoms with Crippen LogP contribution in [0.15, 0.2) is 12.4 Å². The summed E-state index contributed by atoms with van der Waals surface area (Å²) in [5.74, 6) is 0. The lowest BCUT2D eigenvalue weighted by Gasteiger charge is -2.06. The Kier molecular flexibility index (Phi) is 3.76. The van der Waals surface area contributed by atoms with E-state index in [4.69, 9.17) is 0 Å². The number of hydrogen-bond donors (Lipinski definition) is 1. The van der Waals surface area contributed by atoms with Gasteiger partial charge in [0.05, 0.1) is 12.2 Å². The summed E-state index contributed by atoms with van der Waals surface area (Å²) in [5, 5.41) is 15.9. The summed E-state index contributed by atoms with van der Waals surface area (Å²) in [5.41, 5.74) is 3.21. The molecule has 0 spiro atoms. The lowest BCUT2D eigenvalue weighted by molar-refractivity contribution is 0.587. The molecule has 18 heavy (non-hydrogen) atoms. The predicted molar refractivity (Wildman–Crippen MR) is 69.0 cm³/mol. The molecule has 0 amide bonds. The van der Waals surface area contributed by atoms with Crippen molar-refractivity contribution < 1.29 is 0 Å². The minimum Gasteiger partial charge on any atom is -0.310 e. The second-order valence-electron chi connectivity index (χ2n) is 4.86. The number of rotatable bonds is 5. The maximum absolute atomic E-state index is 4.49. The topological polar surface area (TPSA) is 60.6 Å². The molecule has 0 atom stereocenters. The van der Waals surface area contributed by atoms with Crippen molar-refractivity contribution in [2.24, 2.45) is 7.05 Å². The molecule has 0 aromatic carbocycles. The maximum atomic E-state index is 4.49. The Bertz CT molecular complexity index is 510. The zero-order valence-electron chi connectivity index (χ0n) is 11.4. The van der Waals surface area contributed by atoms with Gasteiger partial charge >= 0.3 is 0 Å². The predicted octanol–water partition coefficient (Wildman–Crippen LogP) is 0.866. The van der Waals surface area contributed by atoms with Crippen molar-refractivity contribution in [3.8, 4) is 0 Å². The number of nitrogens with zero attached hydrogens (tertiary/aromatic N) is 5. The highest BCUT2D eigenvalue weighted by atomic mass is 15.4. The highest BCUT2D eigenvalue weighted by Gasteiger charge is 2.07. The van der Waals surface area contributed by atoms with Crippen LogP contribution in [0.4, 0.5) is 0 Å². The molecule has 0 unspecified atom stereocenters. The second kappa shape index (κ2) is 5.30. The lowest BCUT2D eigenvalue weighted by atomic mass is 10.2. The van der Waals surface area contributed by atoms with E-state index in [-0.39, 0.29) is 0 Å². The van der Waals surface area contributed by atoms with Crippen molar-refractivity contribution in [2.75, 3.05) is 0 Å². The van der Waals surface area contributed by atoms with Gasteiger partial charge in [-0.1, -0.05) is 19.1 Å². The standard InChI is InChI=1S/C12H20N6/c1-9(2)13-5-11-6-18(15-10(11)3)8-12-7-17(4)16-14-12/h6-7,9,13H,5,8H2,1-4H3. The third-order valence-electron chi connectivity index (χ3n) is 2.72. The molecular formula is C12H20N6. The highest BCUT2D eigenvalue weighted by molar-refractivity contribution is 5.15. The smallest absolute Gasteiger partial charge is 0.104 e. The summed E-state index contributed by atoms with van der Waals surface area (Å²) < 4.78 is 3.61. The van der Waals surface area contributed by atoms with Crippen LogP contribution in [0.5, 0.6) is 0 Å². The van der Waals surface area contributed by atoms with E-state index in [1.54, 1.807) is 4.68 Å². The van der Waals surface area contributed by atoms with Gasteiger partial charge in [0.2, 0.25) is 0 Å². The third kappa shape index (κ3) is 3.16. The Morgan fingerprint density at radius 3 is 2.72 bits per heavy atom. The van der Waals surface area contributed by atoms with Gasteiger partial charge in [-0.2, -0.15) is 5.10 Å². The van der Waals surface area contributed by atoms with E-state index < -0.39 is 0 Å². The quantitative estimate of drug-likeness (QED) is 0.853. The highest BCUT2D eigenvalue weighted by Crippen LogP contribution is 2.07. The van der Waals surface area contributed by atoms with Crippen LogP contribution in [0.2, 0.25) is 0 Å². The zero-order chi connectivity index (χ0) is 13.1. The normalized spacial score (nSPS) is 11.4. The minimum absolute atomic E-state index is 0.479. The van der Waals surface area contributed by atoms with Crippen molar-refractivity contribution in [1.82, 2.24) is 30.1 Å². The van der Waals surface area contributed by atoms with Crippen LogP contribution < -0.4 is 5.32 Å². The number of nitrogens with one attached hydrogen (secondary N) is 1. The fourth-order valence-corrected chi connectivity index (χ4v) is 1.76. The van der Waals surface area contributed by atoms with Gasteiger partial charge in [-0.15, -0.1) is 5.10 Å². The van der Waals surface area contributed by atoms with E-state index in [1.165, 1.54) is 5.56 Å². The van der Waals surface area contributed by atoms with Crippen LogP contribution >= 0.6 is 0 Å². The zero-order valence-corrected chi connectivity index (χ0v) is 11.4. The molecule has 0 aliphatic heterocycles. The van der Waals surface area contributed by atoms with Gasteiger partial charge in [-0.3, -0.25) is 9.36 Å². The molecule has 0 aliphatic carbocycles. The van der Waals surface area contributed by atoms with Crippen molar-refractivity contribution in [1.29, 1.82) is 0 Å². The SMILES string of the molecule is Cc1nn(Cc2cn(C)nn2)cc1CNC(C)C. The molecule has 2 heterocycles. The molecule has 6 nitrogen and oxygen atoms in total. The lowest BCUT2D eigenvalue weighted by Crippen LogP contribution is -2.21. The summed E-state index contributed by atoms with van der Waals surface area (Å²) in [4.78, 5) is 0. The van der Waals surface area contributed by atoms with Crippen LogP contribution in [0, 0.1) is 6.92 Å². The molecule has 2 aromatic heterocycles. The number of aromatic nitrogens is 5. The van der Waals surface area contributed by atoms with E-state index in [0.29, 0.717) is 12.6 Å². The fraction of sp³-hybridized carbons (Fsp3) is 0.583. The molecule has 0 aliphatic rings. The molecule has 0 radical (unpaired) electrons. The van der Waals surface area contributed by atoms with Gasteiger partial charge in [0, 0.05) is 37.6 Å². The molecule has 0 saturated carbocycles. The van der Waals surface area contributed by atoms with Crippen LogP contribution in [0.25, 0.3) is 0 Å². The van der Waals surface area contributed by atoms with Gasteiger partial charge < -0.3 is 5.32 Å². The first-order valence-corrected chi connectivity index (χ1v) is 6.16. The minimum atomic E-state index is 0.479. The molecule has 0 bridgehead atoms. The van der Waals surface area contributed by atoms with Crippen LogP contribution in [-0.4, -0.2) is 30.8 Å². The van der Waals surface area contributed by atoms with Crippen LogP contribution in [0.1, 0.15) is 30.8 Å². The maximum Gasteiger partial charge on any atom is 0.104 e. The molecular weight excluding hydrogens is 228 g/mol. The Morgan fingerprint density at radius 1 is 1.33 bits per heavy atom. The number of hydrogen-bond acceptors (Lipinski definition) is 4. The third-order valence-corrected chi connectivity index (χ3v) is 2.72. The molecule has 2 aromatic rings. The Morgan fingerprint density at radius 2 is 2.11 bits per heavy atom. The molecule has 1 N–H and O–H groups in total. The van der Waals surface area contributed by atoms with E-state index in [1.807, 2.05) is 24.9 Å². The van der Waals surface area contributed by atoms with Gasteiger partial charge in [-0.25, -0.2) is 0 Å². The average Bonchev–Trinajstić information content (AvgIpc) is 2.83. The Balaban J connectivity index is 2.04. The molecule has 0 saturated heterocycles. The number of aryl methyl sites for hydroxylation is 2. The van der Waals surface area contributed by atoms with Crippen LogP contribution in [-0.2, 0) is 20.1 Å². The summed E-state index contributed by atoms with van der Waals surface area (Å²) in [6.07, 6.45) is 3.97. The van der Waals surface area contributed by atoms with E-state index >= 15 is 0 Å². The van der Waals surface area contributed by atoms with Gasteiger partial charge in [0.1, 0.15) is 5.69 Å². The first-order chi connectivity index (χ1) is 8.54. The Labute approximate surface area is 107 Å². The Hall–Kier alpha value is -1.69. The monoisotopic (exact) mass is 248 g/mol. The summed E-state index contributed by atoms with van der Waals surface area (Å²) in [6, 6.07) is 0.479. The fourth-order valence-electron chi connectivity index (χ4n) is 1.76. The van der Waals surface area contributed by atoms with E-state index in [2.05, 4.69) is 40.8 Å². The molecule has 0 fully saturated rings. The average molecular weight is 248 g/mol. The van der Waals surface area contributed by atoms with Gasteiger partial charge in [0.25, 0.3) is 0 Å².